The molecule has 1 heterocycles. The van der Waals surface area contributed by atoms with Gasteiger partial charge in [-0.2, -0.15) is 0 Å². The fraction of sp³-hybridized carbons (Fsp3) is 0.889. The molecule has 1 aliphatic rings. The maximum Gasteiger partial charge on any atom is 0.410 e. The Kier molecular flexibility index (Phi) is 2.81. The van der Waals surface area contributed by atoms with Gasteiger partial charge in [-0.1, -0.05) is 0 Å². The predicted molar refractivity (Wildman–Crippen MR) is 50.4 cm³/mol. The van der Waals surface area contributed by atoms with Gasteiger partial charge in [-0.3, -0.25) is 0 Å². The van der Waals surface area contributed by atoms with E-state index in [0.717, 1.165) is 6.42 Å². The van der Waals surface area contributed by atoms with Crippen LogP contribution in [0.1, 0.15) is 27.2 Å². The second-order valence-electron chi connectivity index (χ2n) is 4.09. The molecule has 0 aromatic carbocycles. The van der Waals surface area contributed by atoms with Crippen LogP contribution in [0.25, 0.3) is 0 Å². The van der Waals surface area contributed by atoms with Gasteiger partial charge in [-0.15, -0.1) is 0 Å². The van der Waals surface area contributed by atoms with Crippen LogP contribution in [0.4, 0.5) is 4.79 Å². The first-order valence-electron chi connectivity index (χ1n) is 4.67. The second kappa shape index (κ2) is 3.54. The van der Waals surface area contributed by atoms with Crippen molar-refractivity contribution in [3.63, 3.8) is 0 Å². The Balaban J connectivity index is 2.64. The lowest BCUT2D eigenvalue weighted by atomic mass is 10.0. The van der Waals surface area contributed by atoms with Crippen LogP contribution in [0.5, 0.6) is 0 Å². The van der Waals surface area contributed by atoms with Crippen molar-refractivity contribution in [2.24, 2.45) is 5.73 Å². The van der Waals surface area contributed by atoms with Gasteiger partial charge in [-0.05, 0) is 27.2 Å². The second-order valence-corrected chi connectivity index (χ2v) is 4.09. The Morgan fingerprint density at radius 1 is 1.69 bits per heavy atom. The van der Waals surface area contributed by atoms with E-state index in [2.05, 4.69) is 0 Å². The third-order valence-corrected chi connectivity index (χ3v) is 2.40. The van der Waals surface area contributed by atoms with Gasteiger partial charge >= 0.3 is 6.09 Å². The van der Waals surface area contributed by atoms with Crippen molar-refractivity contribution < 1.29 is 9.53 Å². The summed E-state index contributed by atoms with van der Waals surface area (Å²) in [5, 5.41) is 0. The summed E-state index contributed by atoms with van der Waals surface area (Å²) in [6, 6.07) is 0.0828. The Morgan fingerprint density at radius 3 is 2.69 bits per heavy atom. The quantitative estimate of drug-likeness (QED) is 0.663. The topological polar surface area (TPSA) is 55.6 Å². The smallest absolute Gasteiger partial charge is 0.410 e. The van der Waals surface area contributed by atoms with E-state index in [4.69, 9.17) is 10.5 Å². The van der Waals surface area contributed by atoms with Crippen LogP contribution < -0.4 is 5.73 Å². The van der Waals surface area contributed by atoms with Crippen LogP contribution in [0, 0.1) is 0 Å². The Morgan fingerprint density at radius 2 is 2.31 bits per heavy atom. The van der Waals surface area contributed by atoms with Gasteiger partial charge in [0.2, 0.25) is 0 Å². The summed E-state index contributed by atoms with van der Waals surface area (Å²) in [6.45, 7) is 6.85. The number of nitrogens with two attached hydrogens (primary N) is 1. The van der Waals surface area contributed by atoms with Gasteiger partial charge in [-0.25, -0.2) is 4.79 Å². The molecular weight excluding hydrogens is 168 g/mol. The number of carbonyl (C=O) groups excluding carboxylic acids is 1. The summed E-state index contributed by atoms with van der Waals surface area (Å²) in [5.74, 6) is 0. The monoisotopic (exact) mass is 186 g/mol. The summed E-state index contributed by atoms with van der Waals surface area (Å²) in [5.41, 5.74) is 5.62. The molecule has 2 N–H and O–H groups in total. The van der Waals surface area contributed by atoms with Gasteiger partial charge in [0.15, 0.2) is 0 Å². The first kappa shape index (κ1) is 10.3. The number of hydrogen-bond acceptors (Lipinski definition) is 3. The van der Waals surface area contributed by atoms with Crippen LogP contribution in [0.3, 0.4) is 0 Å². The summed E-state index contributed by atoms with van der Waals surface area (Å²) in [6.07, 6.45) is 0.590. The normalized spacial score (nSPS) is 26.2. The number of ether oxygens (including phenoxy) is 1. The molecule has 1 aliphatic heterocycles. The number of hydrogen-bond donors (Lipinski definition) is 1. The van der Waals surface area contributed by atoms with E-state index in [9.17, 15) is 4.79 Å². The average molecular weight is 186 g/mol. The zero-order valence-electron chi connectivity index (χ0n) is 8.54. The van der Waals surface area contributed by atoms with Gasteiger partial charge in [0.25, 0.3) is 0 Å². The summed E-state index contributed by atoms with van der Waals surface area (Å²) in [7, 11) is 0. The van der Waals surface area contributed by atoms with Crippen LogP contribution in [-0.4, -0.2) is 35.7 Å². The van der Waals surface area contributed by atoms with Crippen LogP contribution >= 0.6 is 0 Å². The molecule has 0 aromatic rings. The molecule has 1 fully saturated rings. The van der Waals surface area contributed by atoms with Crippen molar-refractivity contribution in [3.8, 4) is 0 Å². The minimum absolute atomic E-state index is 0.0828. The molecule has 0 aromatic heterocycles. The summed E-state index contributed by atoms with van der Waals surface area (Å²) >= 11 is 0. The molecule has 0 radical (unpaired) electrons. The lowest BCUT2D eigenvalue weighted by Crippen LogP contribution is -2.43. The summed E-state index contributed by atoms with van der Waals surface area (Å²) in [4.78, 5) is 13.2. The van der Waals surface area contributed by atoms with Crippen molar-refractivity contribution >= 4 is 6.09 Å². The Labute approximate surface area is 79.0 Å². The van der Waals surface area contributed by atoms with Crippen molar-refractivity contribution in [3.05, 3.63) is 0 Å². The zero-order valence-corrected chi connectivity index (χ0v) is 8.54. The maximum absolute atomic E-state index is 11.5. The van der Waals surface area contributed by atoms with Crippen molar-refractivity contribution in [2.45, 2.75) is 38.8 Å². The van der Waals surface area contributed by atoms with Gasteiger partial charge in [0, 0.05) is 18.1 Å². The number of rotatable bonds is 1. The highest BCUT2D eigenvalue weighted by Gasteiger charge is 2.40. The van der Waals surface area contributed by atoms with Gasteiger partial charge in [0.05, 0.1) is 6.61 Å². The third-order valence-electron chi connectivity index (χ3n) is 2.40. The number of nitrogens with zero attached hydrogens (tertiary/aromatic N) is 1. The molecule has 76 valence electrons. The largest absolute Gasteiger partial charge is 0.450 e. The molecule has 4 heteroatoms. The van der Waals surface area contributed by atoms with Crippen molar-refractivity contribution in [2.75, 3.05) is 13.2 Å². The molecule has 1 rings (SSSR count). The molecule has 4 nitrogen and oxygen atoms in total. The lowest BCUT2D eigenvalue weighted by Gasteiger charge is -2.30. The molecule has 0 bridgehead atoms. The van der Waals surface area contributed by atoms with E-state index < -0.39 is 0 Å². The molecule has 0 aliphatic carbocycles. The maximum atomic E-state index is 11.5. The molecular formula is C9H18N2O2. The third kappa shape index (κ3) is 2.12. The van der Waals surface area contributed by atoms with E-state index in [-0.39, 0.29) is 17.7 Å². The number of likely N-dealkylation sites (tertiary alicyclic amines) is 1. The highest BCUT2D eigenvalue weighted by atomic mass is 16.6. The molecule has 1 saturated heterocycles. The van der Waals surface area contributed by atoms with Crippen LogP contribution in [0.2, 0.25) is 0 Å². The van der Waals surface area contributed by atoms with E-state index in [0.29, 0.717) is 13.2 Å². The Bertz CT molecular complexity index is 204. The van der Waals surface area contributed by atoms with Crippen molar-refractivity contribution in [1.82, 2.24) is 4.90 Å². The Hall–Kier alpha value is -0.770. The van der Waals surface area contributed by atoms with E-state index >= 15 is 0 Å². The van der Waals surface area contributed by atoms with Crippen LogP contribution in [-0.2, 0) is 4.74 Å². The number of amides is 1. The molecule has 13 heavy (non-hydrogen) atoms. The lowest BCUT2D eigenvalue weighted by molar-refractivity contribution is 0.0845. The molecule has 0 spiro atoms. The minimum atomic E-state index is -0.250. The highest BCUT2D eigenvalue weighted by molar-refractivity contribution is 5.69. The van der Waals surface area contributed by atoms with Crippen LogP contribution in [0.15, 0.2) is 0 Å². The minimum Gasteiger partial charge on any atom is -0.450 e. The fourth-order valence-corrected chi connectivity index (χ4v) is 1.82. The standard InChI is InChI=1S/C9H18N2O2/c1-4-13-8(12)11-6-7(10)5-9(11,2)3/h7H,4-6,10H2,1-3H3. The van der Waals surface area contributed by atoms with Gasteiger partial charge < -0.3 is 15.4 Å². The first-order valence-corrected chi connectivity index (χ1v) is 4.67. The molecule has 1 atom stereocenters. The zero-order chi connectivity index (χ0) is 10.1. The van der Waals surface area contributed by atoms with Crippen molar-refractivity contribution in [1.29, 1.82) is 0 Å². The highest BCUT2D eigenvalue weighted by Crippen LogP contribution is 2.28. The van der Waals surface area contributed by atoms with E-state index in [1.54, 1.807) is 11.8 Å². The fourth-order valence-electron chi connectivity index (χ4n) is 1.82. The first-order chi connectivity index (χ1) is 5.97. The predicted octanol–water partition coefficient (Wildman–Crippen LogP) is 0.955. The average Bonchev–Trinajstić information content (AvgIpc) is 2.24. The van der Waals surface area contributed by atoms with Gasteiger partial charge in [0.1, 0.15) is 0 Å². The van der Waals surface area contributed by atoms with E-state index in [1.165, 1.54) is 0 Å². The SMILES string of the molecule is CCOC(=O)N1CC(N)CC1(C)C. The number of carbonyl (C=O) groups is 1. The van der Waals surface area contributed by atoms with E-state index in [1.807, 2.05) is 13.8 Å². The molecule has 0 saturated carbocycles. The molecule has 1 amide bonds. The summed E-state index contributed by atoms with van der Waals surface area (Å²) < 4.78 is 4.94. The molecule has 1 unspecified atom stereocenters.